The molecule has 1 fully saturated rings. The van der Waals surface area contributed by atoms with Gasteiger partial charge in [-0.1, -0.05) is 20.8 Å². The number of aliphatic hydroxyl groups is 1. The van der Waals surface area contributed by atoms with Crippen molar-refractivity contribution in [2.24, 2.45) is 5.41 Å². The number of nitrogens with zero attached hydrogens (tertiary/aromatic N) is 2. The van der Waals surface area contributed by atoms with Gasteiger partial charge in [-0.2, -0.15) is 0 Å². The Morgan fingerprint density at radius 1 is 1.26 bits per heavy atom. The third-order valence-electron chi connectivity index (χ3n) is 4.59. The molecule has 1 saturated heterocycles. The average molecular weight is 329 g/mol. The lowest BCUT2D eigenvalue weighted by atomic mass is 9.89. The molecule has 1 aliphatic rings. The Morgan fingerprint density at radius 2 is 1.87 bits per heavy atom. The lowest BCUT2D eigenvalue weighted by Crippen LogP contribution is -2.55. The molecule has 136 valence electrons. The third-order valence-corrected chi connectivity index (χ3v) is 4.59. The molecule has 1 rings (SSSR count). The van der Waals surface area contributed by atoms with E-state index in [1.54, 1.807) is 7.11 Å². The smallest absolute Gasteiger partial charge is 0.237 e. The molecule has 0 aliphatic carbocycles. The van der Waals surface area contributed by atoms with E-state index in [2.05, 4.69) is 35.9 Å². The maximum atomic E-state index is 12.1. The van der Waals surface area contributed by atoms with Crippen LogP contribution in [0.25, 0.3) is 0 Å². The van der Waals surface area contributed by atoms with E-state index in [9.17, 15) is 9.90 Å². The summed E-state index contributed by atoms with van der Waals surface area (Å²) in [6.45, 7) is 13.7. The fourth-order valence-electron chi connectivity index (χ4n) is 2.59. The second-order valence-electron chi connectivity index (χ2n) is 7.53. The molecule has 0 saturated carbocycles. The van der Waals surface area contributed by atoms with Crippen molar-refractivity contribution in [2.45, 2.75) is 46.3 Å². The minimum Gasteiger partial charge on any atom is -0.391 e. The first-order valence-electron chi connectivity index (χ1n) is 8.67. The third kappa shape index (κ3) is 7.16. The largest absolute Gasteiger partial charge is 0.391 e. The fourth-order valence-corrected chi connectivity index (χ4v) is 2.59. The van der Waals surface area contributed by atoms with Gasteiger partial charge in [-0.05, 0) is 18.8 Å². The van der Waals surface area contributed by atoms with Crippen LogP contribution < -0.4 is 5.32 Å². The number of amides is 1. The quantitative estimate of drug-likeness (QED) is 0.637. The Morgan fingerprint density at radius 3 is 2.39 bits per heavy atom. The van der Waals surface area contributed by atoms with Gasteiger partial charge in [0.15, 0.2) is 0 Å². The molecule has 0 radical (unpaired) electrons. The highest BCUT2D eigenvalue weighted by Gasteiger charge is 2.29. The van der Waals surface area contributed by atoms with Crippen molar-refractivity contribution in [2.75, 3.05) is 53.0 Å². The van der Waals surface area contributed by atoms with E-state index in [4.69, 9.17) is 4.74 Å². The fraction of sp³-hybridized carbons (Fsp3) is 0.941. The molecule has 6 heteroatoms. The average Bonchev–Trinajstić information content (AvgIpc) is 2.50. The number of aliphatic hydroxyl groups excluding tert-OH is 1. The Kier molecular flexibility index (Phi) is 8.47. The van der Waals surface area contributed by atoms with Gasteiger partial charge in [0.2, 0.25) is 5.91 Å². The van der Waals surface area contributed by atoms with Crippen LogP contribution in [0.1, 0.15) is 34.1 Å². The molecule has 0 unspecified atom stereocenters. The molecule has 0 aromatic heterocycles. The van der Waals surface area contributed by atoms with Gasteiger partial charge in [0.1, 0.15) is 0 Å². The minimum atomic E-state index is -0.324. The number of rotatable bonds is 8. The summed E-state index contributed by atoms with van der Waals surface area (Å²) in [5.74, 6) is 0.0873. The van der Waals surface area contributed by atoms with Crippen LogP contribution in [0, 0.1) is 5.41 Å². The second kappa shape index (κ2) is 9.57. The number of nitrogens with one attached hydrogen (secondary N) is 1. The van der Waals surface area contributed by atoms with Gasteiger partial charge in [0.25, 0.3) is 0 Å². The first kappa shape index (κ1) is 20.4. The summed E-state index contributed by atoms with van der Waals surface area (Å²) in [6, 6.07) is -0.104. The Bertz CT molecular complexity index is 349. The highest BCUT2D eigenvalue weighted by atomic mass is 16.5. The number of hydrogen-bond acceptors (Lipinski definition) is 5. The number of ether oxygens (including phenoxy) is 1. The zero-order valence-corrected chi connectivity index (χ0v) is 15.5. The van der Waals surface area contributed by atoms with Gasteiger partial charge in [0.05, 0.1) is 12.1 Å². The van der Waals surface area contributed by atoms with E-state index in [1.165, 1.54) is 0 Å². The molecular weight excluding hydrogens is 294 g/mol. The second-order valence-corrected chi connectivity index (χ2v) is 7.53. The van der Waals surface area contributed by atoms with Crippen LogP contribution in [0.4, 0.5) is 0 Å². The molecule has 0 aromatic rings. The van der Waals surface area contributed by atoms with Crippen LogP contribution in [0.3, 0.4) is 0 Å². The van der Waals surface area contributed by atoms with Gasteiger partial charge >= 0.3 is 0 Å². The van der Waals surface area contributed by atoms with Gasteiger partial charge in [-0.25, -0.2) is 0 Å². The van der Waals surface area contributed by atoms with Gasteiger partial charge in [-0.3, -0.25) is 14.6 Å². The highest BCUT2D eigenvalue weighted by Crippen LogP contribution is 2.20. The lowest BCUT2D eigenvalue weighted by Gasteiger charge is -2.39. The predicted molar refractivity (Wildman–Crippen MR) is 92.4 cm³/mol. The molecule has 1 aliphatic heterocycles. The van der Waals surface area contributed by atoms with E-state index in [0.717, 1.165) is 32.6 Å². The summed E-state index contributed by atoms with van der Waals surface area (Å²) in [4.78, 5) is 16.7. The van der Waals surface area contributed by atoms with Gasteiger partial charge in [-0.15, -0.1) is 0 Å². The summed E-state index contributed by atoms with van der Waals surface area (Å²) < 4.78 is 4.98. The van der Waals surface area contributed by atoms with Crippen molar-refractivity contribution < 1.29 is 14.6 Å². The first-order valence-corrected chi connectivity index (χ1v) is 8.67. The molecule has 1 heterocycles. The van der Waals surface area contributed by atoms with Gasteiger partial charge in [0, 0.05) is 53.0 Å². The van der Waals surface area contributed by atoms with Crippen LogP contribution >= 0.6 is 0 Å². The van der Waals surface area contributed by atoms with E-state index in [-0.39, 0.29) is 23.5 Å². The topological polar surface area (TPSA) is 65.0 Å². The number of β-amino-alcohol motifs (C(OH)–C–C–N with tert-alkyl or cyclic N) is 1. The Labute approximate surface area is 141 Å². The van der Waals surface area contributed by atoms with Crippen molar-refractivity contribution in [3.05, 3.63) is 0 Å². The maximum absolute atomic E-state index is 12.1. The monoisotopic (exact) mass is 329 g/mol. The van der Waals surface area contributed by atoms with Crippen LogP contribution in [-0.2, 0) is 9.53 Å². The number of carbonyl (C=O) groups excluding carboxylic acids is 1. The maximum Gasteiger partial charge on any atom is 0.237 e. The van der Waals surface area contributed by atoms with Crippen molar-refractivity contribution in [1.29, 1.82) is 0 Å². The van der Waals surface area contributed by atoms with E-state index >= 15 is 0 Å². The van der Waals surface area contributed by atoms with Crippen LogP contribution in [0.5, 0.6) is 0 Å². The number of piperazine rings is 1. The van der Waals surface area contributed by atoms with Gasteiger partial charge < -0.3 is 15.2 Å². The first-order chi connectivity index (χ1) is 10.8. The van der Waals surface area contributed by atoms with E-state index in [0.29, 0.717) is 19.7 Å². The summed E-state index contributed by atoms with van der Waals surface area (Å²) in [5, 5.41) is 13.2. The zero-order chi connectivity index (χ0) is 17.5. The molecule has 0 aromatic carbocycles. The summed E-state index contributed by atoms with van der Waals surface area (Å²) in [6.07, 6.45) is 0.517. The van der Waals surface area contributed by atoms with Crippen molar-refractivity contribution in [1.82, 2.24) is 15.1 Å². The van der Waals surface area contributed by atoms with E-state index in [1.807, 2.05) is 6.92 Å². The molecule has 0 bridgehead atoms. The van der Waals surface area contributed by atoms with Crippen LogP contribution in [0.15, 0.2) is 0 Å². The summed E-state index contributed by atoms with van der Waals surface area (Å²) >= 11 is 0. The minimum absolute atomic E-state index is 0.0873. The Hall–Kier alpha value is -0.690. The summed E-state index contributed by atoms with van der Waals surface area (Å²) in [5.41, 5.74) is -0.0908. The molecule has 2 N–H and O–H groups in total. The van der Waals surface area contributed by atoms with Crippen molar-refractivity contribution in [3.63, 3.8) is 0 Å². The highest BCUT2D eigenvalue weighted by molar-refractivity contribution is 5.81. The molecule has 0 spiro atoms. The molecule has 2 atom stereocenters. The Balaban J connectivity index is 2.30. The molecule has 23 heavy (non-hydrogen) atoms. The van der Waals surface area contributed by atoms with Crippen molar-refractivity contribution >= 4 is 5.91 Å². The van der Waals surface area contributed by atoms with Crippen LogP contribution in [0.2, 0.25) is 0 Å². The standard InChI is InChI=1S/C17H35N3O3/c1-14(16(22)18-7-6-12-23-5)20-10-8-19(9-11-20)13-15(21)17(2,3)4/h14-15,21H,6-13H2,1-5H3,(H,18,22)/t14-,15-/m1/s1. The number of carbonyl (C=O) groups is 1. The van der Waals surface area contributed by atoms with Crippen LogP contribution in [-0.4, -0.2) is 85.9 Å². The van der Waals surface area contributed by atoms with E-state index < -0.39 is 0 Å². The molecular formula is C17H35N3O3. The number of hydrogen-bond donors (Lipinski definition) is 2. The SMILES string of the molecule is COCCCNC(=O)[C@@H](C)N1CCN(C[C@@H](O)C(C)(C)C)CC1. The van der Waals surface area contributed by atoms with Crippen molar-refractivity contribution in [3.8, 4) is 0 Å². The molecule has 1 amide bonds. The zero-order valence-electron chi connectivity index (χ0n) is 15.5. The predicted octanol–water partition coefficient (Wildman–Crippen LogP) is 0.552. The molecule has 6 nitrogen and oxygen atoms in total. The number of methoxy groups -OCH3 is 1. The summed E-state index contributed by atoms with van der Waals surface area (Å²) in [7, 11) is 1.67. The normalized spacial score (nSPS) is 20.3. The lowest BCUT2D eigenvalue weighted by molar-refractivity contribution is -0.126.